The predicted molar refractivity (Wildman–Crippen MR) is 220 cm³/mol. The molecule has 0 aromatic heterocycles. The van der Waals surface area contributed by atoms with Crippen molar-refractivity contribution in [2.75, 3.05) is 23.3 Å². The number of nitrogens with one attached hydrogen (secondary N) is 2. The molecule has 2 N–H and O–H groups in total. The van der Waals surface area contributed by atoms with Crippen LogP contribution in [0.2, 0.25) is 0 Å². The Balaban J connectivity index is 1.01. The predicted octanol–water partition coefficient (Wildman–Crippen LogP) is 9.88. The largest absolute Gasteiger partial charge is 0.379 e. The van der Waals surface area contributed by atoms with Crippen molar-refractivity contribution in [3.05, 3.63) is 118 Å². The molecule has 4 aliphatic carbocycles. The summed E-state index contributed by atoms with van der Waals surface area (Å²) in [7, 11) is -4.37. The number of hydrogen-bond acceptors (Lipinski definition) is 7. The molecule has 1 amide bonds. The van der Waals surface area contributed by atoms with Gasteiger partial charge in [-0.15, -0.1) is 0 Å². The summed E-state index contributed by atoms with van der Waals surface area (Å²) in [6.07, 6.45) is 10.3. The lowest BCUT2D eigenvalue weighted by molar-refractivity contribution is -0.384. The summed E-state index contributed by atoms with van der Waals surface area (Å²) in [5.41, 5.74) is 5.00. The molecule has 0 radical (unpaired) electrons. The summed E-state index contributed by atoms with van der Waals surface area (Å²) in [5, 5.41) is 15.0. The van der Waals surface area contributed by atoms with Crippen molar-refractivity contribution in [3.63, 3.8) is 0 Å². The molecule has 4 aromatic carbocycles. The van der Waals surface area contributed by atoms with Crippen LogP contribution in [0.25, 0.3) is 11.1 Å². The van der Waals surface area contributed by atoms with Crippen molar-refractivity contribution >= 4 is 33.0 Å². The average molecular weight is 763 g/mol. The molecular formula is C45H54N4O5S. The first-order chi connectivity index (χ1) is 26.4. The van der Waals surface area contributed by atoms with Gasteiger partial charge in [-0.25, -0.2) is 13.1 Å². The molecular weight excluding hydrogens is 709 g/mol. The molecule has 0 saturated heterocycles. The van der Waals surface area contributed by atoms with E-state index in [2.05, 4.69) is 90.3 Å². The zero-order valence-electron chi connectivity index (χ0n) is 32.2. The molecule has 4 aliphatic rings. The van der Waals surface area contributed by atoms with Crippen molar-refractivity contribution < 1.29 is 18.1 Å². The zero-order valence-corrected chi connectivity index (χ0v) is 33.1. The fraction of sp³-hybridized carbons (Fsp3) is 0.444. The first-order valence-electron chi connectivity index (χ1n) is 20.0. The molecule has 4 fully saturated rings. The molecule has 290 valence electrons. The van der Waals surface area contributed by atoms with E-state index in [-0.39, 0.29) is 21.8 Å². The van der Waals surface area contributed by atoms with Crippen LogP contribution in [0.15, 0.2) is 102 Å². The van der Waals surface area contributed by atoms with Crippen LogP contribution in [-0.2, 0) is 16.4 Å². The number of nitrogens with zero attached hydrogens (tertiary/aromatic N) is 2. The van der Waals surface area contributed by atoms with Gasteiger partial charge in [0.15, 0.2) is 0 Å². The van der Waals surface area contributed by atoms with Crippen molar-refractivity contribution in [1.82, 2.24) is 4.72 Å². The number of fused-ring (bicyclic) bond motifs is 2. The Bertz CT molecular complexity index is 2080. The van der Waals surface area contributed by atoms with E-state index < -0.39 is 20.9 Å². The van der Waals surface area contributed by atoms with Crippen LogP contribution in [0.5, 0.6) is 0 Å². The molecule has 4 saturated carbocycles. The highest BCUT2D eigenvalue weighted by atomic mass is 32.2. The highest BCUT2D eigenvalue weighted by Crippen LogP contribution is 2.62. The number of carbonyl (C=O) groups is 1. The Morgan fingerprint density at radius 1 is 0.891 bits per heavy atom. The molecule has 0 aliphatic heterocycles. The maximum Gasteiger partial charge on any atom is 0.293 e. The Hall–Kier alpha value is -4.70. The number of rotatable bonds is 14. The molecule has 4 aromatic rings. The van der Waals surface area contributed by atoms with E-state index in [1.807, 2.05) is 12.1 Å². The quantitative estimate of drug-likeness (QED) is 0.0969. The average Bonchev–Trinajstić information content (AvgIpc) is 3.19. The van der Waals surface area contributed by atoms with Gasteiger partial charge in [0, 0.05) is 36.4 Å². The number of aryl methyl sites for hydroxylation is 1. The van der Waals surface area contributed by atoms with E-state index in [0.717, 1.165) is 74.1 Å². The van der Waals surface area contributed by atoms with Gasteiger partial charge in [-0.2, -0.15) is 0 Å². The topological polar surface area (TPSA) is 122 Å². The molecule has 2 bridgehead atoms. The van der Waals surface area contributed by atoms with Crippen LogP contribution in [0.4, 0.5) is 17.1 Å². The zero-order chi connectivity index (χ0) is 38.7. The SMILES string of the molecule is C[C@H]1[C@@H](N(CCCc2ccccc2)c2ccc(-c3ccc(C(=O)NS(=O)(=O)c4ccc(NCC5CCCCC5)c([N+](=O)[O-])c4)cc3)cc2)C[C@@H]2C[C@@H]1C2(C)C. The van der Waals surface area contributed by atoms with E-state index in [9.17, 15) is 23.3 Å². The number of benzene rings is 4. The van der Waals surface area contributed by atoms with E-state index in [1.165, 1.54) is 42.6 Å². The van der Waals surface area contributed by atoms with Crippen molar-refractivity contribution in [3.8, 4) is 11.1 Å². The lowest BCUT2D eigenvalue weighted by atomic mass is 9.44. The minimum absolute atomic E-state index is 0.168. The molecule has 9 nitrogen and oxygen atoms in total. The van der Waals surface area contributed by atoms with Gasteiger partial charge in [-0.1, -0.05) is 94.6 Å². The standard InChI is InChI=1S/C45H54N4O5S/c1-31-40-27-37(45(40,2)3)28-42(31)48(26-10-15-32-11-6-4-7-12-32)38-22-20-35(21-23-38)34-16-18-36(19-17-34)44(50)47-55(53,54)39-24-25-41(43(29-39)49(51)52)46-30-33-13-8-5-9-14-33/h4,6-7,11-12,16-25,29,31,33,37,40,42,46H,5,8-10,13-15,26-28,30H2,1-3H3,(H,47,50)/t31-,37+,40+,42+/m1/s1. The summed E-state index contributed by atoms with van der Waals surface area (Å²) in [5.74, 6) is 1.74. The number of anilines is 2. The summed E-state index contributed by atoms with van der Waals surface area (Å²) in [4.78, 5) is 26.7. The van der Waals surface area contributed by atoms with Crippen LogP contribution in [0.3, 0.4) is 0 Å². The fourth-order valence-corrected chi connectivity index (χ4v) is 10.6. The van der Waals surface area contributed by atoms with Crippen molar-refractivity contribution in [1.29, 1.82) is 0 Å². The van der Waals surface area contributed by atoms with Crippen LogP contribution >= 0.6 is 0 Å². The lowest BCUT2D eigenvalue weighted by Gasteiger charge is -2.63. The third-order valence-electron chi connectivity index (χ3n) is 13.1. The van der Waals surface area contributed by atoms with E-state index in [0.29, 0.717) is 29.8 Å². The highest BCUT2D eigenvalue weighted by molar-refractivity contribution is 7.90. The second-order valence-electron chi connectivity index (χ2n) is 16.7. The minimum atomic E-state index is -4.37. The maximum absolute atomic E-state index is 13.2. The molecule has 55 heavy (non-hydrogen) atoms. The normalized spacial score (nSPS) is 21.9. The van der Waals surface area contributed by atoms with Crippen molar-refractivity contribution in [2.24, 2.45) is 29.1 Å². The van der Waals surface area contributed by atoms with Crippen LogP contribution in [0, 0.1) is 39.2 Å². The summed E-state index contributed by atoms with van der Waals surface area (Å²) < 4.78 is 28.6. The second-order valence-corrected chi connectivity index (χ2v) is 18.4. The molecule has 0 unspecified atom stereocenters. The number of nitro groups is 1. The summed E-state index contributed by atoms with van der Waals surface area (Å²) >= 11 is 0. The summed E-state index contributed by atoms with van der Waals surface area (Å²) in [6, 6.07) is 30.4. The van der Waals surface area contributed by atoms with Gasteiger partial charge >= 0.3 is 0 Å². The number of sulfonamides is 1. The highest BCUT2D eigenvalue weighted by Gasteiger charge is 2.57. The first kappa shape index (κ1) is 38.6. The first-order valence-corrected chi connectivity index (χ1v) is 21.5. The molecule has 0 heterocycles. The Morgan fingerprint density at radius 3 is 2.20 bits per heavy atom. The van der Waals surface area contributed by atoms with Crippen LogP contribution in [0.1, 0.15) is 88.1 Å². The smallest absolute Gasteiger partial charge is 0.293 e. The fourth-order valence-electron chi connectivity index (χ4n) is 9.64. The minimum Gasteiger partial charge on any atom is -0.379 e. The monoisotopic (exact) mass is 762 g/mol. The number of nitro benzene ring substituents is 1. The molecule has 10 heteroatoms. The lowest BCUT2D eigenvalue weighted by Crippen LogP contribution is -2.61. The van der Waals surface area contributed by atoms with Gasteiger partial charge < -0.3 is 10.2 Å². The second kappa shape index (κ2) is 16.2. The molecule has 4 atom stereocenters. The van der Waals surface area contributed by atoms with Gasteiger partial charge in [-0.05, 0) is 121 Å². The van der Waals surface area contributed by atoms with Gasteiger partial charge in [0.25, 0.3) is 21.6 Å². The Morgan fingerprint density at radius 2 is 1.56 bits per heavy atom. The summed E-state index contributed by atoms with van der Waals surface area (Å²) in [6.45, 7) is 8.93. The van der Waals surface area contributed by atoms with Gasteiger partial charge in [0.1, 0.15) is 5.69 Å². The van der Waals surface area contributed by atoms with Gasteiger partial charge in [-0.3, -0.25) is 14.9 Å². The number of hydrogen-bond donors (Lipinski definition) is 2. The molecule has 8 rings (SSSR count). The Labute approximate surface area is 326 Å². The third kappa shape index (κ3) is 8.44. The van der Waals surface area contributed by atoms with Gasteiger partial charge in [0.2, 0.25) is 0 Å². The number of carbonyl (C=O) groups excluding carboxylic acids is 1. The van der Waals surface area contributed by atoms with E-state index in [1.54, 1.807) is 12.1 Å². The Kier molecular flexibility index (Phi) is 11.3. The van der Waals surface area contributed by atoms with Crippen molar-refractivity contribution in [2.45, 2.75) is 89.5 Å². The van der Waals surface area contributed by atoms with Gasteiger partial charge in [0.05, 0.1) is 9.82 Å². The van der Waals surface area contributed by atoms with E-state index >= 15 is 0 Å². The van der Waals surface area contributed by atoms with E-state index in [4.69, 9.17) is 0 Å². The number of amides is 1. The maximum atomic E-state index is 13.2. The van der Waals surface area contributed by atoms with Crippen LogP contribution < -0.4 is 14.9 Å². The molecule has 0 spiro atoms. The van der Waals surface area contributed by atoms with Crippen LogP contribution in [-0.4, -0.2) is 38.4 Å². The third-order valence-corrected chi connectivity index (χ3v) is 14.4.